The fraction of sp³-hybridized carbons (Fsp3) is 0.160. The second-order valence-corrected chi connectivity index (χ2v) is 12.4. The van der Waals surface area contributed by atoms with Gasteiger partial charge in [-0.3, -0.25) is 9.52 Å². The maximum atomic E-state index is 13.1. The standard InChI is InChI=1S/C25H21ClN6O3S3/c1-3-22(37-24-17(14-27)6-13-21(29-24)16-4-7-18(26)8-5-16)23(33)28-19-9-11-20(12-10-19)38(34,35)32-25-31-30-15(2)36-25/h4-13,22H,3H2,1-2H3,(H,28,33)(H,31,32). The number of hydrogen-bond donors (Lipinski definition) is 2. The summed E-state index contributed by atoms with van der Waals surface area (Å²) >= 11 is 8.31. The molecule has 1 atom stereocenters. The molecular weight excluding hydrogens is 564 g/mol. The van der Waals surface area contributed by atoms with Gasteiger partial charge in [0.1, 0.15) is 16.1 Å². The van der Waals surface area contributed by atoms with Crippen LogP contribution in [0.1, 0.15) is 23.9 Å². The van der Waals surface area contributed by atoms with Crippen molar-refractivity contribution in [1.29, 1.82) is 5.26 Å². The van der Waals surface area contributed by atoms with Gasteiger partial charge in [0.05, 0.1) is 21.4 Å². The zero-order valence-corrected chi connectivity index (χ0v) is 23.4. The van der Waals surface area contributed by atoms with Crippen molar-refractivity contribution < 1.29 is 13.2 Å². The topological polar surface area (TPSA) is 138 Å². The minimum atomic E-state index is -3.85. The van der Waals surface area contributed by atoms with Gasteiger partial charge in [-0.05, 0) is 61.9 Å². The summed E-state index contributed by atoms with van der Waals surface area (Å²) in [6.07, 6.45) is 0.478. The third-order valence-corrected chi connectivity index (χ3v) is 9.07. The summed E-state index contributed by atoms with van der Waals surface area (Å²) in [7, 11) is -3.85. The number of nitrogens with one attached hydrogen (secondary N) is 2. The molecule has 0 saturated carbocycles. The van der Waals surface area contributed by atoms with Crippen molar-refractivity contribution in [1.82, 2.24) is 15.2 Å². The summed E-state index contributed by atoms with van der Waals surface area (Å²) in [6.45, 7) is 3.59. The average Bonchev–Trinajstić information content (AvgIpc) is 3.31. The summed E-state index contributed by atoms with van der Waals surface area (Å²) in [4.78, 5) is 17.7. The Morgan fingerprint density at radius 1 is 1.11 bits per heavy atom. The smallest absolute Gasteiger partial charge is 0.263 e. The molecule has 2 aromatic heterocycles. The lowest BCUT2D eigenvalue weighted by Gasteiger charge is -2.16. The van der Waals surface area contributed by atoms with Crippen LogP contribution in [0.15, 0.2) is 70.6 Å². The van der Waals surface area contributed by atoms with E-state index in [2.05, 4.69) is 31.3 Å². The molecule has 0 bridgehead atoms. The first-order chi connectivity index (χ1) is 18.2. The number of pyridine rings is 1. The van der Waals surface area contributed by atoms with E-state index in [1.165, 1.54) is 36.0 Å². The molecule has 0 spiro atoms. The molecule has 0 radical (unpaired) electrons. The first-order valence-corrected chi connectivity index (χ1v) is 14.8. The average molecular weight is 585 g/mol. The van der Waals surface area contributed by atoms with E-state index in [1.807, 2.05) is 19.1 Å². The highest BCUT2D eigenvalue weighted by atomic mass is 35.5. The molecule has 1 unspecified atom stereocenters. The highest BCUT2D eigenvalue weighted by Crippen LogP contribution is 2.31. The maximum Gasteiger partial charge on any atom is 0.263 e. The van der Waals surface area contributed by atoms with Crippen molar-refractivity contribution in [2.24, 2.45) is 0 Å². The van der Waals surface area contributed by atoms with Gasteiger partial charge in [0, 0.05) is 16.3 Å². The fourth-order valence-corrected chi connectivity index (χ4v) is 6.25. The van der Waals surface area contributed by atoms with Gasteiger partial charge in [0.25, 0.3) is 10.0 Å². The number of rotatable bonds is 9. The first kappa shape index (κ1) is 27.5. The van der Waals surface area contributed by atoms with E-state index in [9.17, 15) is 18.5 Å². The van der Waals surface area contributed by atoms with E-state index in [1.54, 1.807) is 31.2 Å². The van der Waals surface area contributed by atoms with Crippen LogP contribution in [0, 0.1) is 18.3 Å². The number of halogens is 1. The molecule has 13 heteroatoms. The number of benzene rings is 2. The van der Waals surface area contributed by atoms with Crippen LogP contribution in [-0.2, 0) is 14.8 Å². The first-order valence-electron chi connectivity index (χ1n) is 11.3. The normalized spacial score (nSPS) is 11.9. The zero-order valence-electron chi connectivity index (χ0n) is 20.2. The van der Waals surface area contributed by atoms with Crippen molar-refractivity contribution >= 4 is 61.4 Å². The molecule has 0 aliphatic rings. The van der Waals surface area contributed by atoms with Crippen LogP contribution in [0.5, 0.6) is 0 Å². The minimum absolute atomic E-state index is 0.0200. The maximum absolute atomic E-state index is 13.1. The van der Waals surface area contributed by atoms with Crippen molar-refractivity contribution in [2.75, 3.05) is 10.0 Å². The Morgan fingerprint density at radius 3 is 2.42 bits per heavy atom. The van der Waals surface area contributed by atoms with Gasteiger partial charge in [-0.25, -0.2) is 13.4 Å². The molecule has 1 amide bonds. The monoisotopic (exact) mass is 584 g/mol. The molecule has 0 aliphatic heterocycles. The van der Waals surface area contributed by atoms with Crippen LogP contribution in [-0.4, -0.2) is 34.8 Å². The lowest BCUT2D eigenvalue weighted by atomic mass is 10.1. The van der Waals surface area contributed by atoms with Gasteiger partial charge < -0.3 is 5.32 Å². The largest absolute Gasteiger partial charge is 0.325 e. The van der Waals surface area contributed by atoms with Crippen molar-refractivity contribution in [2.45, 2.75) is 35.4 Å². The van der Waals surface area contributed by atoms with Crippen LogP contribution >= 0.6 is 34.7 Å². The Balaban J connectivity index is 1.47. The van der Waals surface area contributed by atoms with E-state index in [0.717, 1.165) is 16.9 Å². The van der Waals surface area contributed by atoms with Gasteiger partial charge in [-0.2, -0.15) is 5.26 Å². The Hall–Kier alpha value is -3.50. The SMILES string of the molecule is CCC(Sc1nc(-c2ccc(Cl)cc2)ccc1C#N)C(=O)Nc1ccc(S(=O)(=O)Nc2nnc(C)s2)cc1. The number of carbonyl (C=O) groups excluding carboxylic acids is 1. The molecule has 0 aliphatic carbocycles. The molecule has 0 saturated heterocycles. The highest BCUT2D eigenvalue weighted by molar-refractivity contribution is 8.00. The number of sulfonamides is 1. The molecule has 9 nitrogen and oxygen atoms in total. The van der Waals surface area contributed by atoms with Crippen LogP contribution in [0.2, 0.25) is 5.02 Å². The van der Waals surface area contributed by atoms with Gasteiger partial charge in [-0.1, -0.05) is 53.8 Å². The van der Waals surface area contributed by atoms with Crippen LogP contribution < -0.4 is 10.0 Å². The summed E-state index contributed by atoms with van der Waals surface area (Å²) in [5, 5.41) is 21.3. The molecule has 4 rings (SSSR count). The van der Waals surface area contributed by atoms with Crippen molar-refractivity contribution in [3.8, 4) is 17.3 Å². The van der Waals surface area contributed by atoms with E-state index in [0.29, 0.717) is 38.4 Å². The van der Waals surface area contributed by atoms with E-state index in [4.69, 9.17) is 11.6 Å². The van der Waals surface area contributed by atoms with Gasteiger partial charge in [-0.15, -0.1) is 10.2 Å². The summed E-state index contributed by atoms with van der Waals surface area (Å²) in [5.74, 6) is -0.293. The lowest BCUT2D eigenvalue weighted by molar-refractivity contribution is -0.115. The third kappa shape index (κ3) is 6.68. The number of nitriles is 1. The number of aromatic nitrogens is 3. The molecule has 2 aromatic carbocycles. The Bertz CT molecular complexity index is 1600. The predicted molar refractivity (Wildman–Crippen MR) is 150 cm³/mol. The van der Waals surface area contributed by atoms with Gasteiger partial charge >= 0.3 is 0 Å². The summed E-state index contributed by atoms with van der Waals surface area (Å²) in [6, 6.07) is 18.6. The quantitative estimate of drug-likeness (QED) is 0.237. The van der Waals surface area contributed by atoms with Crippen LogP contribution in [0.25, 0.3) is 11.3 Å². The lowest BCUT2D eigenvalue weighted by Crippen LogP contribution is -2.25. The number of amides is 1. The van der Waals surface area contributed by atoms with Crippen LogP contribution in [0.3, 0.4) is 0 Å². The number of carbonyl (C=O) groups is 1. The Morgan fingerprint density at radius 2 is 1.82 bits per heavy atom. The zero-order chi connectivity index (χ0) is 27.3. The third-order valence-electron chi connectivity index (χ3n) is 5.22. The summed E-state index contributed by atoms with van der Waals surface area (Å²) < 4.78 is 27.6. The Kier molecular flexibility index (Phi) is 8.63. The van der Waals surface area contributed by atoms with Crippen molar-refractivity contribution in [3.63, 3.8) is 0 Å². The van der Waals surface area contributed by atoms with E-state index in [-0.39, 0.29) is 15.9 Å². The van der Waals surface area contributed by atoms with E-state index < -0.39 is 15.3 Å². The Labute approximate surface area is 233 Å². The molecule has 4 aromatic rings. The van der Waals surface area contributed by atoms with Crippen molar-refractivity contribution in [3.05, 3.63) is 76.3 Å². The number of anilines is 2. The predicted octanol–water partition coefficient (Wildman–Crippen LogP) is 5.74. The van der Waals surface area contributed by atoms with Gasteiger partial charge in [0.15, 0.2) is 0 Å². The van der Waals surface area contributed by atoms with Gasteiger partial charge in [0.2, 0.25) is 11.0 Å². The second-order valence-electron chi connectivity index (χ2n) is 7.93. The fourth-order valence-electron chi connectivity index (χ4n) is 3.31. The molecule has 2 heterocycles. The molecule has 0 fully saturated rings. The second kappa shape index (κ2) is 11.9. The molecular formula is C25H21ClN6O3S3. The van der Waals surface area contributed by atoms with Crippen LogP contribution in [0.4, 0.5) is 10.8 Å². The van der Waals surface area contributed by atoms with E-state index >= 15 is 0 Å². The molecule has 194 valence electrons. The molecule has 2 N–H and O–H groups in total. The number of aryl methyl sites for hydroxylation is 1. The number of hydrogen-bond acceptors (Lipinski definition) is 9. The molecule has 38 heavy (non-hydrogen) atoms. The minimum Gasteiger partial charge on any atom is -0.325 e. The number of thioether (sulfide) groups is 1. The number of nitrogens with zero attached hydrogens (tertiary/aromatic N) is 4. The summed E-state index contributed by atoms with van der Waals surface area (Å²) in [5.41, 5.74) is 2.30. The highest BCUT2D eigenvalue weighted by Gasteiger charge is 2.22.